The molecule has 4 unspecified atom stereocenters. The van der Waals surface area contributed by atoms with Crippen molar-refractivity contribution >= 4 is 7.60 Å². The Hall–Kier alpha value is 0.0700. The molecule has 0 aromatic carbocycles. The van der Waals surface area contributed by atoms with E-state index in [1.54, 1.807) is 0 Å². The van der Waals surface area contributed by atoms with Crippen molar-refractivity contribution < 1.29 is 24.5 Å². The molecule has 3 N–H and O–H groups in total. The standard InChI is InChI=1S/C10H23O5P/c1-8(4-6-11)10(3)9(2)5-7-16(13,14)15-12/h8-12H,4-7H2,1-3H3,(H,13,14). The Morgan fingerprint density at radius 2 is 1.69 bits per heavy atom. The summed E-state index contributed by atoms with van der Waals surface area (Å²) in [7, 11) is -3.81. The lowest BCUT2D eigenvalue weighted by Gasteiger charge is -2.25. The molecule has 0 saturated heterocycles. The molecule has 0 bridgehead atoms. The Labute approximate surface area is 96.9 Å². The molecule has 4 atom stereocenters. The Morgan fingerprint density at radius 3 is 2.12 bits per heavy atom. The summed E-state index contributed by atoms with van der Waals surface area (Å²) in [6, 6.07) is 0. The van der Waals surface area contributed by atoms with Gasteiger partial charge in [-0.1, -0.05) is 20.8 Å². The van der Waals surface area contributed by atoms with Gasteiger partial charge in [0.05, 0.1) is 6.16 Å². The summed E-state index contributed by atoms with van der Waals surface area (Å²) >= 11 is 0. The molecule has 6 heteroatoms. The van der Waals surface area contributed by atoms with Crippen molar-refractivity contribution in [2.45, 2.75) is 33.6 Å². The van der Waals surface area contributed by atoms with Gasteiger partial charge in [-0.25, -0.2) is 5.26 Å². The van der Waals surface area contributed by atoms with Crippen molar-refractivity contribution in [3.05, 3.63) is 0 Å². The second-order valence-electron chi connectivity index (χ2n) is 4.56. The normalized spacial score (nSPS) is 21.1. The summed E-state index contributed by atoms with van der Waals surface area (Å²) in [5.41, 5.74) is 0. The Morgan fingerprint density at radius 1 is 1.19 bits per heavy atom. The molecule has 0 spiro atoms. The van der Waals surface area contributed by atoms with Crippen LogP contribution in [0.3, 0.4) is 0 Å². The topological polar surface area (TPSA) is 87.0 Å². The smallest absolute Gasteiger partial charge is 0.355 e. The molecular formula is C10H23O5P. The van der Waals surface area contributed by atoms with Gasteiger partial charge >= 0.3 is 7.60 Å². The summed E-state index contributed by atoms with van der Waals surface area (Å²) in [5.74, 6) is 0.969. The summed E-state index contributed by atoms with van der Waals surface area (Å²) in [6.45, 7) is 6.28. The molecule has 0 aliphatic carbocycles. The van der Waals surface area contributed by atoms with Gasteiger partial charge in [0, 0.05) is 6.61 Å². The van der Waals surface area contributed by atoms with Crippen LogP contribution in [0.1, 0.15) is 33.6 Å². The van der Waals surface area contributed by atoms with Crippen LogP contribution in [0.2, 0.25) is 0 Å². The van der Waals surface area contributed by atoms with Crippen LogP contribution in [0.15, 0.2) is 0 Å². The Bertz CT molecular complexity index is 233. The zero-order valence-corrected chi connectivity index (χ0v) is 11.1. The molecule has 0 aromatic heterocycles. The number of aliphatic hydroxyl groups is 1. The molecule has 0 radical (unpaired) electrons. The average Bonchev–Trinajstić information content (AvgIpc) is 2.25. The number of hydrogen-bond acceptors (Lipinski definition) is 4. The summed E-state index contributed by atoms with van der Waals surface area (Å²) < 4.78 is 14.6. The number of rotatable bonds is 8. The SMILES string of the molecule is CC(CCO)C(C)C(C)CCP(=O)(O)OO. The van der Waals surface area contributed by atoms with Crippen molar-refractivity contribution in [2.75, 3.05) is 12.8 Å². The van der Waals surface area contributed by atoms with E-state index in [0.29, 0.717) is 18.3 Å². The molecule has 0 aliphatic rings. The number of hydrogen-bond donors (Lipinski definition) is 3. The lowest BCUT2D eigenvalue weighted by Crippen LogP contribution is -2.18. The second-order valence-corrected chi connectivity index (χ2v) is 6.44. The fourth-order valence-corrected chi connectivity index (χ4v) is 2.51. The quantitative estimate of drug-likeness (QED) is 0.351. The van der Waals surface area contributed by atoms with Crippen LogP contribution in [0.5, 0.6) is 0 Å². The Balaban J connectivity index is 4.05. The van der Waals surface area contributed by atoms with Crippen molar-refractivity contribution in [2.24, 2.45) is 17.8 Å². The van der Waals surface area contributed by atoms with Gasteiger partial charge in [0.2, 0.25) is 0 Å². The summed E-state index contributed by atoms with van der Waals surface area (Å²) in [4.78, 5) is 9.04. The number of aliphatic hydroxyl groups excluding tert-OH is 1. The van der Waals surface area contributed by atoms with Crippen LogP contribution in [-0.4, -0.2) is 28.0 Å². The minimum Gasteiger partial charge on any atom is -0.396 e. The van der Waals surface area contributed by atoms with E-state index in [1.165, 1.54) is 0 Å². The molecule has 0 saturated carbocycles. The second kappa shape index (κ2) is 7.41. The highest BCUT2D eigenvalue weighted by atomic mass is 31.2. The lowest BCUT2D eigenvalue weighted by molar-refractivity contribution is -0.145. The maximum atomic E-state index is 11.0. The summed E-state index contributed by atoms with van der Waals surface area (Å²) in [6.07, 6.45) is 1.21. The highest BCUT2D eigenvalue weighted by Gasteiger charge is 2.24. The molecule has 16 heavy (non-hydrogen) atoms. The maximum Gasteiger partial charge on any atom is 0.355 e. The molecule has 0 fully saturated rings. The fourth-order valence-electron chi connectivity index (χ4n) is 1.70. The zero-order chi connectivity index (χ0) is 12.8. The van der Waals surface area contributed by atoms with Crippen LogP contribution in [0.4, 0.5) is 0 Å². The van der Waals surface area contributed by atoms with E-state index in [4.69, 9.17) is 15.3 Å². The van der Waals surface area contributed by atoms with Crippen molar-refractivity contribution in [1.29, 1.82) is 0 Å². The van der Waals surface area contributed by atoms with E-state index in [2.05, 4.69) is 18.5 Å². The third-order valence-electron chi connectivity index (χ3n) is 3.37. The van der Waals surface area contributed by atoms with E-state index >= 15 is 0 Å². The van der Waals surface area contributed by atoms with Gasteiger partial charge < -0.3 is 10.00 Å². The van der Waals surface area contributed by atoms with Gasteiger partial charge in [-0.2, -0.15) is 4.67 Å². The molecule has 5 nitrogen and oxygen atoms in total. The van der Waals surface area contributed by atoms with Gasteiger partial charge in [0.25, 0.3) is 0 Å². The predicted molar refractivity (Wildman–Crippen MR) is 62.2 cm³/mol. The molecule has 98 valence electrons. The molecule has 0 aromatic rings. The predicted octanol–water partition coefficient (Wildman–Crippen LogP) is 2.34. The fraction of sp³-hybridized carbons (Fsp3) is 1.00. The van der Waals surface area contributed by atoms with E-state index < -0.39 is 7.60 Å². The zero-order valence-electron chi connectivity index (χ0n) is 10.2. The highest BCUT2D eigenvalue weighted by molar-refractivity contribution is 7.52. The average molecular weight is 254 g/mol. The first-order chi connectivity index (χ1) is 7.34. The van der Waals surface area contributed by atoms with E-state index in [9.17, 15) is 4.57 Å². The third-order valence-corrected chi connectivity index (χ3v) is 4.45. The molecule has 0 amide bonds. The van der Waals surface area contributed by atoms with E-state index in [-0.39, 0.29) is 18.7 Å². The monoisotopic (exact) mass is 254 g/mol. The van der Waals surface area contributed by atoms with Crippen LogP contribution < -0.4 is 0 Å². The third kappa shape index (κ3) is 5.97. The molecule has 0 heterocycles. The van der Waals surface area contributed by atoms with Crippen molar-refractivity contribution in [1.82, 2.24) is 0 Å². The molecule has 0 rings (SSSR count). The van der Waals surface area contributed by atoms with Crippen LogP contribution in [0, 0.1) is 17.8 Å². The first-order valence-corrected chi connectivity index (χ1v) is 7.36. The van der Waals surface area contributed by atoms with Crippen molar-refractivity contribution in [3.63, 3.8) is 0 Å². The minimum atomic E-state index is -3.81. The molecular weight excluding hydrogens is 231 g/mol. The van der Waals surface area contributed by atoms with Gasteiger partial charge in [0.15, 0.2) is 0 Å². The van der Waals surface area contributed by atoms with Crippen LogP contribution in [-0.2, 0) is 9.24 Å². The maximum absolute atomic E-state index is 11.0. The van der Waals surface area contributed by atoms with Gasteiger partial charge in [-0.05, 0) is 30.6 Å². The van der Waals surface area contributed by atoms with Crippen LogP contribution in [0.25, 0.3) is 0 Å². The van der Waals surface area contributed by atoms with Crippen LogP contribution >= 0.6 is 7.60 Å². The minimum absolute atomic E-state index is 0.0408. The Kier molecular flexibility index (Phi) is 7.44. The largest absolute Gasteiger partial charge is 0.396 e. The van der Waals surface area contributed by atoms with E-state index in [1.807, 2.05) is 6.92 Å². The van der Waals surface area contributed by atoms with E-state index in [0.717, 1.165) is 6.42 Å². The van der Waals surface area contributed by atoms with Gasteiger partial charge in [-0.3, -0.25) is 4.57 Å². The highest BCUT2D eigenvalue weighted by Crippen LogP contribution is 2.42. The van der Waals surface area contributed by atoms with Crippen molar-refractivity contribution in [3.8, 4) is 0 Å². The van der Waals surface area contributed by atoms with Gasteiger partial charge in [0.1, 0.15) is 0 Å². The summed E-state index contributed by atoms with van der Waals surface area (Å²) in [5, 5.41) is 17.0. The van der Waals surface area contributed by atoms with Gasteiger partial charge in [-0.15, -0.1) is 0 Å². The lowest BCUT2D eigenvalue weighted by atomic mass is 9.82. The molecule has 0 aliphatic heterocycles. The first-order valence-electron chi connectivity index (χ1n) is 5.60. The first kappa shape index (κ1) is 16.1.